The second-order valence-corrected chi connectivity index (χ2v) is 4.68. The number of aryl methyl sites for hydroxylation is 1. The van der Waals surface area contributed by atoms with Crippen LogP contribution in [0.3, 0.4) is 0 Å². The molecule has 3 nitrogen and oxygen atoms in total. The van der Waals surface area contributed by atoms with Gasteiger partial charge in [-0.3, -0.25) is 0 Å². The zero-order chi connectivity index (χ0) is 13.0. The molecular weight excluding hydrogens is 224 g/mol. The number of rotatable bonds is 6. The standard InChI is InChI=1S/C15H22N2O/c1-3-17(10-11-18)9-8-13-12(2)16-15-7-5-4-6-14(13)15/h4-7,16,18H,3,8-11H2,1-2H3. The predicted octanol–water partition coefficient (Wildman–Crippen LogP) is 2.33. The predicted molar refractivity (Wildman–Crippen MR) is 75.9 cm³/mol. The van der Waals surface area contributed by atoms with Crippen LogP contribution in [0, 0.1) is 6.92 Å². The number of nitrogens with zero attached hydrogens (tertiary/aromatic N) is 1. The second-order valence-electron chi connectivity index (χ2n) is 4.68. The summed E-state index contributed by atoms with van der Waals surface area (Å²) in [6, 6.07) is 8.45. The summed E-state index contributed by atoms with van der Waals surface area (Å²) >= 11 is 0. The normalized spacial score (nSPS) is 11.6. The minimum absolute atomic E-state index is 0.237. The van der Waals surface area contributed by atoms with Gasteiger partial charge in [0.2, 0.25) is 0 Å². The number of aliphatic hydroxyl groups excluding tert-OH is 1. The molecular formula is C15H22N2O. The summed E-state index contributed by atoms with van der Waals surface area (Å²) in [6.45, 7) is 7.26. The average molecular weight is 246 g/mol. The largest absolute Gasteiger partial charge is 0.395 e. The van der Waals surface area contributed by atoms with Gasteiger partial charge in [-0.25, -0.2) is 0 Å². The van der Waals surface area contributed by atoms with Crippen LogP contribution in [-0.2, 0) is 6.42 Å². The summed E-state index contributed by atoms with van der Waals surface area (Å²) in [5.74, 6) is 0. The van der Waals surface area contributed by atoms with E-state index < -0.39 is 0 Å². The maximum atomic E-state index is 9.00. The number of para-hydroxylation sites is 1. The number of aromatic nitrogens is 1. The van der Waals surface area contributed by atoms with E-state index in [0.717, 1.165) is 26.1 Å². The molecule has 2 rings (SSSR count). The number of nitrogens with one attached hydrogen (secondary N) is 1. The topological polar surface area (TPSA) is 39.3 Å². The molecule has 0 saturated heterocycles. The highest BCUT2D eigenvalue weighted by Crippen LogP contribution is 2.22. The molecule has 98 valence electrons. The van der Waals surface area contributed by atoms with Gasteiger partial charge in [-0.1, -0.05) is 25.1 Å². The van der Waals surface area contributed by atoms with Crippen LogP contribution >= 0.6 is 0 Å². The van der Waals surface area contributed by atoms with E-state index in [-0.39, 0.29) is 6.61 Å². The molecule has 0 aliphatic carbocycles. The Labute approximate surface area is 108 Å². The van der Waals surface area contributed by atoms with Crippen molar-refractivity contribution in [2.75, 3.05) is 26.2 Å². The van der Waals surface area contributed by atoms with Crippen molar-refractivity contribution in [1.29, 1.82) is 0 Å². The van der Waals surface area contributed by atoms with Crippen molar-refractivity contribution in [2.45, 2.75) is 20.3 Å². The number of aliphatic hydroxyl groups is 1. The fourth-order valence-corrected chi connectivity index (χ4v) is 2.50. The molecule has 1 heterocycles. The zero-order valence-corrected chi connectivity index (χ0v) is 11.2. The fraction of sp³-hybridized carbons (Fsp3) is 0.467. The van der Waals surface area contributed by atoms with Gasteiger partial charge in [-0.2, -0.15) is 0 Å². The van der Waals surface area contributed by atoms with Gasteiger partial charge in [0.15, 0.2) is 0 Å². The summed E-state index contributed by atoms with van der Waals surface area (Å²) in [7, 11) is 0. The minimum atomic E-state index is 0.237. The molecule has 2 N–H and O–H groups in total. The molecule has 0 bridgehead atoms. The Morgan fingerprint density at radius 1 is 1.22 bits per heavy atom. The van der Waals surface area contributed by atoms with Crippen molar-refractivity contribution in [3.63, 3.8) is 0 Å². The van der Waals surface area contributed by atoms with Crippen LogP contribution in [-0.4, -0.2) is 41.2 Å². The molecule has 0 radical (unpaired) electrons. The van der Waals surface area contributed by atoms with Crippen LogP contribution in [0.15, 0.2) is 24.3 Å². The first-order chi connectivity index (χ1) is 8.76. The summed E-state index contributed by atoms with van der Waals surface area (Å²) in [5.41, 5.74) is 3.88. The summed E-state index contributed by atoms with van der Waals surface area (Å²) in [4.78, 5) is 5.71. The van der Waals surface area contributed by atoms with E-state index in [4.69, 9.17) is 5.11 Å². The first kappa shape index (κ1) is 13.1. The molecule has 0 atom stereocenters. The van der Waals surface area contributed by atoms with E-state index >= 15 is 0 Å². The molecule has 18 heavy (non-hydrogen) atoms. The van der Waals surface area contributed by atoms with E-state index in [1.54, 1.807) is 0 Å². The van der Waals surface area contributed by atoms with Crippen molar-refractivity contribution in [3.8, 4) is 0 Å². The molecule has 0 spiro atoms. The average Bonchev–Trinajstić information content (AvgIpc) is 2.70. The van der Waals surface area contributed by atoms with Gasteiger partial charge in [-0.05, 0) is 31.5 Å². The first-order valence-corrected chi connectivity index (χ1v) is 6.65. The van der Waals surface area contributed by atoms with Gasteiger partial charge in [0.25, 0.3) is 0 Å². The van der Waals surface area contributed by atoms with Gasteiger partial charge >= 0.3 is 0 Å². The molecule has 0 saturated carbocycles. The van der Waals surface area contributed by atoms with Gasteiger partial charge in [0, 0.05) is 29.7 Å². The Morgan fingerprint density at radius 3 is 2.72 bits per heavy atom. The smallest absolute Gasteiger partial charge is 0.0558 e. The van der Waals surface area contributed by atoms with Crippen molar-refractivity contribution in [2.24, 2.45) is 0 Å². The zero-order valence-electron chi connectivity index (χ0n) is 11.2. The lowest BCUT2D eigenvalue weighted by Crippen LogP contribution is -2.28. The van der Waals surface area contributed by atoms with Crippen molar-refractivity contribution in [1.82, 2.24) is 9.88 Å². The Morgan fingerprint density at radius 2 is 2.00 bits per heavy atom. The number of hydrogen-bond donors (Lipinski definition) is 2. The maximum absolute atomic E-state index is 9.00. The number of likely N-dealkylation sites (N-methyl/N-ethyl adjacent to an activating group) is 1. The Bertz CT molecular complexity index is 504. The SMILES string of the molecule is CCN(CCO)CCc1c(C)[nH]c2ccccc12. The van der Waals surface area contributed by atoms with Crippen LogP contribution in [0.4, 0.5) is 0 Å². The maximum Gasteiger partial charge on any atom is 0.0558 e. The number of aromatic amines is 1. The quantitative estimate of drug-likeness (QED) is 0.821. The Balaban J connectivity index is 2.13. The van der Waals surface area contributed by atoms with Crippen LogP contribution in [0.5, 0.6) is 0 Å². The number of fused-ring (bicyclic) bond motifs is 1. The highest BCUT2D eigenvalue weighted by atomic mass is 16.3. The van der Waals surface area contributed by atoms with Crippen LogP contribution in [0.2, 0.25) is 0 Å². The van der Waals surface area contributed by atoms with Crippen molar-refractivity contribution >= 4 is 10.9 Å². The minimum Gasteiger partial charge on any atom is -0.395 e. The fourth-order valence-electron chi connectivity index (χ4n) is 2.50. The van der Waals surface area contributed by atoms with Crippen LogP contribution in [0.1, 0.15) is 18.2 Å². The van der Waals surface area contributed by atoms with Crippen LogP contribution in [0.25, 0.3) is 10.9 Å². The molecule has 0 aliphatic heterocycles. The molecule has 1 aromatic carbocycles. The highest BCUT2D eigenvalue weighted by molar-refractivity contribution is 5.84. The first-order valence-electron chi connectivity index (χ1n) is 6.65. The number of H-pyrrole nitrogens is 1. The Hall–Kier alpha value is -1.32. The van der Waals surface area contributed by atoms with Crippen molar-refractivity contribution in [3.05, 3.63) is 35.5 Å². The molecule has 0 amide bonds. The lowest BCUT2D eigenvalue weighted by molar-refractivity contribution is 0.203. The molecule has 0 aliphatic rings. The third-order valence-corrected chi connectivity index (χ3v) is 3.57. The summed E-state index contributed by atoms with van der Waals surface area (Å²) in [5, 5.41) is 10.3. The van der Waals surface area contributed by atoms with Gasteiger partial charge in [-0.15, -0.1) is 0 Å². The molecule has 3 heteroatoms. The summed E-state index contributed by atoms with van der Waals surface area (Å²) < 4.78 is 0. The molecule has 1 aromatic heterocycles. The number of hydrogen-bond acceptors (Lipinski definition) is 2. The van der Waals surface area contributed by atoms with Gasteiger partial charge < -0.3 is 15.0 Å². The highest BCUT2D eigenvalue weighted by Gasteiger charge is 2.09. The monoisotopic (exact) mass is 246 g/mol. The van der Waals surface area contributed by atoms with Crippen LogP contribution < -0.4 is 0 Å². The molecule has 0 unspecified atom stereocenters. The summed E-state index contributed by atoms with van der Waals surface area (Å²) in [6.07, 6.45) is 1.03. The molecule has 2 aromatic rings. The second kappa shape index (κ2) is 6.03. The third-order valence-electron chi connectivity index (χ3n) is 3.57. The van der Waals surface area contributed by atoms with E-state index in [0.29, 0.717) is 0 Å². The lowest BCUT2D eigenvalue weighted by atomic mass is 10.1. The number of benzene rings is 1. The van der Waals surface area contributed by atoms with Gasteiger partial charge in [0.05, 0.1) is 6.61 Å². The van der Waals surface area contributed by atoms with Gasteiger partial charge in [0.1, 0.15) is 0 Å². The lowest BCUT2D eigenvalue weighted by Gasteiger charge is -2.18. The van der Waals surface area contributed by atoms with Crippen molar-refractivity contribution < 1.29 is 5.11 Å². The van der Waals surface area contributed by atoms with E-state index in [1.165, 1.54) is 22.2 Å². The molecule has 0 fully saturated rings. The Kier molecular flexibility index (Phi) is 4.39. The van der Waals surface area contributed by atoms with E-state index in [1.807, 2.05) is 0 Å². The van der Waals surface area contributed by atoms with E-state index in [9.17, 15) is 0 Å². The third kappa shape index (κ3) is 2.74. The van der Waals surface area contributed by atoms with E-state index in [2.05, 4.69) is 48.0 Å².